The molecule has 0 saturated carbocycles. The number of halogens is 3. The maximum absolute atomic E-state index is 14.3. The number of hydrogen-bond acceptors (Lipinski definition) is 8. The Balaban J connectivity index is 1.48. The topological polar surface area (TPSA) is 79.1 Å². The molecule has 1 aromatic heterocycles. The Labute approximate surface area is 309 Å². The number of rotatable bonds is 10. The van der Waals surface area contributed by atoms with Crippen LogP contribution in [-0.2, 0) is 16.1 Å². The van der Waals surface area contributed by atoms with Crippen LogP contribution < -0.4 is 24.4 Å². The molecule has 1 atom stereocenters. The largest absolute Gasteiger partial charge is 0.493 e. The van der Waals surface area contributed by atoms with E-state index in [-0.39, 0.29) is 18.8 Å². The first kappa shape index (κ1) is 35.0. The summed E-state index contributed by atoms with van der Waals surface area (Å²) in [7, 11) is 1.55. The van der Waals surface area contributed by atoms with E-state index in [0.717, 1.165) is 21.6 Å². The van der Waals surface area contributed by atoms with E-state index < -0.39 is 12.0 Å². The first-order valence-electron chi connectivity index (χ1n) is 15.1. The van der Waals surface area contributed by atoms with Crippen LogP contribution in [0.15, 0.2) is 110 Å². The zero-order valence-corrected chi connectivity index (χ0v) is 31.3. The Bertz CT molecular complexity index is 2250. The molecule has 250 valence electrons. The van der Waals surface area contributed by atoms with Crippen LogP contribution >= 0.6 is 62.2 Å². The van der Waals surface area contributed by atoms with Crippen molar-refractivity contribution in [3.05, 3.63) is 147 Å². The fourth-order valence-electron chi connectivity index (χ4n) is 5.45. The molecule has 1 aliphatic heterocycles. The summed E-state index contributed by atoms with van der Waals surface area (Å²) in [5.74, 6) is 0.413. The van der Waals surface area contributed by atoms with Crippen molar-refractivity contribution in [2.24, 2.45) is 4.99 Å². The van der Waals surface area contributed by atoms with Crippen molar-refractivity contribution in [3.63, 3.8) is 0 Å². The number of nitrogens with zero attached hydrogens (tertiary/aromatic N) is 2. The molecule has 49 heavy (non-hydrogen) atoms. The van der Waals surface area contributed by atoms with E-state index >= 15 is 0 Å². The summed E-state index contributed by atoms with van der Waals surface area (Å²) in [6, 6.07) is 25.4. The number of benzene rings is 4. The molecule has 0 unspecified atom stereocenters. The van der Waals surface area contributed by atoms with Crippen molar-refractivity contribution >= 4 is 80.0 Å². The second-order valence-electron chi connectivity index (χ2n) is 10.8. The van der Waals surface area contributed by atoms with Crippen molar-refractivity contribution in [2.75, 3.05) is 20.0 Å². The standard InChI is InChI=1S/C37H29BrCl2N2O5S2/c1-4-46-36(44)31-32(22-8-6-5-7-9-22)41-37-42(33(31)23-11-14-26(48-3)15-12-23)35(43)30(49-37)18-21-16-27(38)34(29(17-21)45-2)47-20-24-10-13-25(39)19-28(24)40/h5-19,33H,4,20H2,1-3H3/b30-18-/t33-/m1/s1. The average molecular weight is 797 g/mol. The van der Waals surface area contributed by atoms with E-state index in [1.54, 1.807) is 60.7 Å². The van der Waals surface area contributed by atoms with Gasteiger partial charge in [-0.15, -0.1) is 11.8 Å². The molecule has 0 saturated heterocycles. The third-order valence-corrected chi connectivity index (χ3v) is 10.6. The lowest BCUT2D eigenvalue weighted by atomic mass is 9.93. The van der Waals surface area contributed by atoms with Gasteiger partial charge in [0.05, 0.1) is 40.0 Å². The Morgan fingerprint density at radius 3 is 2.49 bits per heavy atom. The lowest BCUT2D eigenvalue weighted by molar-refractivity contribution is -0.138. The van der Waals surface area contributed by atoms with E-state index in [4.69, 9.17) is 42.4 Å². The van der Waals surface area contributed by atoms with Gasteiger partial charge in [0.25, 0.3) is 5.56 Å². The van der Waals surface area contributed by atoms with Crippen LogP contribution in [0.25, 0.3) is 11.8 Å². The number of thiazole rings is 1. The number of aromatic nitrogens is 1. The second kappa shape index (κ2) is 15.4. The van der Waals surface area contributed by atoms with Gasteiger partial charge in [0, 0.05) is 26.1 Å². The van der Waals surface area contributed by atoms with E-state index in [2.05, 4.69) is 15.9 Å². The van der Waals surface area contributed by atoms with E-state index in [0.29, 0.717) is 52.2 Å². The van der Waals surface area contributed by atoms with Gasteiger partial charge >= 0.3 is 5.97 Å². The average Bonchev–Trinajstić information content (AvgIpc) is 3.41. The van der Waals surface area contributed by atoms with Crippen LogP contribution in [0.1, 0.15) is 35.2 Å². The smallest absolute Gasteiger partial charge is 0.338 e. The van der Waals surface area contributed by atoms with Crippen LogP contribution in [0.5, 0.6) is 11.5 Å². The van der Waals surface area contributed by atoms with E-state index in [1.807, 2.05) is 66.9 Å². The molecule has 0 N–H and O–H groups in total. The minimum atomic E-state index is -0.764. The molecule has 7 nitrogen and oxygen atoms in total. The van der Waals surface area contributed by atoms with Gasteiger partial charge in [0.2, 0.25) is 0 Å². The van der Waals surface area contributed by atoms with Crippen LogP contribution in [0.3, 0.4) is 0 Å². The third kappa shape index (κ3) is 7.39. The van der Waals surface area contributed by atoms with E-state index in [1.165, 1.54) is 11.3 Å². The number of methoxy groups -OCH3 is 1. The van der Waals surface area contributed by atoms with Crippen LogP contribution in [0, 0.1) is 0 Å². The van der Waals surface area contributed by atoms with Crippen LogP contribution in [-0.4, -0.2) is 30.5 Å². The van der Waals surface area contributed by atoms with Crippen molar-refractivity contribution in [1.29, 1.82) is 0 Å². The van der Waals surface area contributed by atoms with Gasteiger partial charge in [-0.2, -0.15) is 0 Å². The zero-order valence-electron chi connectivity index (χ0n) is 26.5. The van der Waals surface area contributed by atoms with Crippen LogP contribution in [0.4, 0.5) is 0 Å². The summed E-state index contributed by atoms with van der Waals surface area (Å²) in [4.78, 5) is 34.5. The highest BCUT2D eigenvalue weighted by atomic mass is 79.9. The summed E-state index contributed by atoms with van der Waals surface area (Å²) in [5, 5.41) is 1.03. The molecule has 1 aliphatic rings. The van der Waals surface area contributed by atoms with Gasteiger partial charge in [-0.25, -0.2) is 9.79 Å². The zero-order chi connectivity index (χ0) is 34.7. The minimum Gasteiger partial charge on any atom is -0.493 e. The molecule has 5 aromatic rings. The van der Waals surface area contributed by atoms with Gasteiger partial charge in [-0.3, -0.25) is 9.36 Å². The molecule has 6 rings (SSSR count). The SMILES string of the molecule is CCOC(=O)C1=C(c2ccccc2)N=c2s/c(=C\c3cc(Br)c(OCc4ccc(Cl)cc4Cl)c(OC)c3)c(=O)n2[C@@H]1c1ccc(SC)cc1. The Morgan fingerprint density at radius 1 is 1.06 bits per heavy atom. The highest BCUT2D eigenvalue weighted by Crippen LogP contribution is 2.39. The fourth-order valence-corrected chi connectivity index (χ4v) is 7.89. The summed E-state index contributed by atoms with van der Waals surface area (Å²) in [6.45, 7) is 2.12. The van der Waals surface area contributed by atoms with Gasteiger partial charge in [0.1, 0.15) is 6.61 Å². The highest BCUT2D eigenvalue weighted by molar-refractivity contribution is 9.10. The quantitative estimate of drug-likeness (QED) is 0.105. The minimum absolute atomic E-state index is 0.177. The molecule has 0 fully saturated rings. The van der Waals surface area contributed by atoms with Crippen molar-refractivity contribution in [2.45, 2.75) is 24.5 Å². The normalized spacial score (nSPS) is 14.3. The molecule has 0 bridgehead atoms. The molecule has 0 aliphatic carbocycles. The molecule has 12 heteroatoms. The van der Waals surface area contributed by atoms with Crippen molar-refractivity contribution in [1.82, 2.24) is 4.57 Å². The third-order valence-electron chi connectivity index (χ3n) is 7.74. The van der Waals surface area contributed by atoms with Gasteiger partial charge in [0.15, 0.2) is 16.3 Å². The molecule has 2 heterocycles. The fraction of sp³-hybridized carbons (Fsp3) is 0.162. The number of esters is 1. The number of carbonyl (C=O) groups is 1. The van der Waals surface area contributed by atoms with Crippen molar-refractivity contribution in [3.8, 4) is 11.5 Å². The number of carbonyl (C=O) groups excluding carboxylic acids is 1. The monoisotopic (exact) mass is 794 g/mol. The highest BCUT2D eigenvalue weighted by Gasteiger charge is 2.35. The predicted octanol–water partition coefficient (Wildman–Crippen LogP) is 8.31. The van der Waals surface area contributed by atoms with Gasteiger partial charge < -0.3 is 14.2 Å². The number of hydrogen-bond donors (Lipinski definition) is 0. The Hall–Kier alpha value is -3.80. The molecule has 0 amide bonds. The summed E-state index contributed by atoms with van der Waals surface area (Å²) < 4.78 is 20.0. The summed E-state index contributed by atoms with van der Waals surface area (Å²) in [6.07, 6.45) is 3.78. The second-order valence-corrected chi connectivity index (χ2v) is 14.3. The van der Waals surface area contributed by atoms with Gasteiger partial charge in [-0.05, 0) is 82.7 Å². The maximum Gasteiger partial charge on any atom is 0.338 e. The first-order valence-corrected chi connectivity index (χ1v) is 18.7. The molecular weight excluding hydrogens is 767 g/mol. The number of thioether (sulfide) groups is 1. The first-order chi connectivity index (χ1) is 23.7. The van der Waals surface area contributed by atoms with Crippen LogP contribution in [0.2, 0.25) is 10.0 Å². The number of ether oxygens (including phenoxy) is 3. The Kier molecular flexibility index (Phi) is 11.0. The molecular formula is C37H29BrCl2N2O5S2. The summed E-state index contributed by atoms with van der Waals surface area (Å²) in [5.41, 5.74) is 3.46. The molecule has 0 spiro atoms. The lowest BCUT2D eigenvalue weighted by Gasteiger charge is -2.26. The predicted molar refractivity (Wildman–Crippen MR) is 201 cm³/mol. The Morgan fingerprint density at radius 2 is 1.82 bits per heavy atom. The van der Waals surface area contributed by atoms with Gasteiger partial charge in [-0.1, -0.05) is 83.1 Å². The molecule has 0 radical (unpaired) electrons. The maximum atomic E-state index is 14.3. The van der Waals surface area contributed by atoms with E-state index in [9.17, 15) is 9.59 Å². The molecule has 4 aromatic carbocycles. The van der Waals surface area contributed by atoms with Crippen molar-refractivity contribution < 1.29 is 19.0 Å². The lowest BCUT2D eigenvalue weighted by Crippen LogP contribution is -2.40. The number of fused-ring (bicyclic) bond motifs is 1. The summed E-state index contributed by atoms with van der Waals surface area (Å²) >= 11 is 18.9.